The lowest BCUT2D eigenvalue weighted by molar-refractivity contribution is -0.118. The highest BCUT2D eigenvalue weighted by atomic mass is 19.3. The van der Waals surface area contributed by atoms with Crippen LogP contribution in [0.1, 0.15) is 32.1 Å². The number of amides is 3. The third-order valence-electron chi connectivity index (χ3n) is 5.58. The van der Waals surface area contributed by atoms with Crippen LogP contribution in [0.3, 0.4) is 0 Å². The fraction of sp³-hybridized carbons (Fsp3) is 0.160. The Hall–Kier alpha value is -5.07. The van der Waals surface area contributed by atoms with Crippen molar-refractivity contribution in [1.29, 1.82) is 0 Å². The summed E-state index contributed by atoms with van der Waals surface area (Å²) < 4.78 is 36.5. The van der Waals surface area contributed by atoms with Crippen LogP contribution in [0.5, 0.6) is 11.5 Å². The zero-order chi connectivity index (χ0) is 26.6. The number of alkyl halides is 2. The third-order valence-corrected chi connectivity index (χ3v) is 5.58. The molecule has 0 bridgehead atoms. The monoisotopic (exact) mass is 522 g/mol. The van der Waals surface area contributed by atoms with E-state index >= 15 is 0 Å². The van der Waals surface area contributed by atoms with Crippen LogP contribution in [0.4, 0.5) is 14.5 Å². The highest BCUT2D eigenvalue weighted by Gasteiger charge is 2.19. The molecule has 3 N–H and O–H groups in total. The van der Waals surface area contributed by atoms with Gasteiger partial charge in [-0.1, -0.05) is 24.3 Å². The fourth-order valence-corrected chi connectivity index (χ4v) is 3.83. The van der Waals surface area contributed by atoms with Gasteiger partial charge in [0, 0.05) is 30.8 Å². The van der Waals surface area contributed by atoms with Gasteiger partial charge in [-0.15, -0.1) is 0 Å². The molecular formula is C25H20F2N6O5. The summed E-state index contributed by atoms with van der Waals surface area (Å²) in [5.41, 5.74) is 1.81. The number of aromatic nitrogens is 3. The normalized spacial score (nSPS) is 12.4. The maximum absolute atomic E-state index is 13.0. The van der Waals surface area contributed by atoms with E-state index in [-0.39, 0.29) is 48.4 Å². The summed E-state index contributed by atoms with van der Waals surface area (Å²) in [4.78, 5) is 41.7. The van der Waals surface area contributed by atoms with Crippen LogP contribution in [0.25, 0.3) is 5.65 Å². The van der Waals surface area contributed by atoms with Gasteiger partial charge in [0.25, 0.3) is 17.7 Å². The van der Waals surface area contributed by atoms with E-state index in [1.165, 1.54) is 35.0 Å². The van der Waals surface area contributed by atoms with Crippen LogP contribution in [0.15, 0.2) is 60.8 Å². The summed E-state index contributed by atoms with van der Waals surface area (Å²) >= 11 is 0. The lowest BCUT2D eigenvalue weighted by Gasteiger charge is -2.18. The van der Waals surface area contributed by atoms with Gasteiger partial charge in [-0.25, -0.2) is 9.50 Å². The number of hydrogen-bond donors (Lipinski definition) is 3. The van der Waals surface area contributed by atoms with Gasteiger partial charge in [-0.2, -0.15) is 13.9 Å². The van der Waals surface area contributed by atoms with Crippen molar-refractivity contribution in [3.63, 3.8) is 0 Å². The van der Waals surface area contributed by atoms with Crippen molar-refractivity contribution >= 4 is 29.1 Å². The fourth-order valence-electron chi connectivity index (χ4n) is 3.83. The Labute approximate surface area is 213 Å². The molecule has 4 aromatic rings. The van der Waals surface area contributed by atoms with Gasteiger partial charge >= 0.3 is 6.61 Å². The number of nitrogens with one attached hydrogen (secondary N) is 3. The first kappa shape index (κ1) is 24.6. The average Bonchev–Trinajstić information content (AvgIpc) is 3.39. The first-order valence-electron chi connectivity index (χ1n) is 11.4. The second-order valence-electron chi connectivity index (χ2n) is 8.15. The smallest absolute Gasteiger partial charge is 0.387 e. The van der Waals surface area contributed by atoms with Gasteiger partial charge in [-0.05, 0) is 23.8 Å². The van der Waals surface area contributed by atoms with E-state index in [0.29, 0.717) is 22.6 Å². The first-order chi connectivity index (χ1) is 18.4. The molecule has 1 aliphatic rings. The summed E-state index contributed by atoms with van der Waals surface area (Å²) in [6.07, 6.45) is 1.43. The number of para-hydroxylation sites is 1. The quantitative estimate of drug-likeness (QED) is 0.324. The van der Waals surface area contributed by atoms with Crippen molar-refractivity contribution in [3.8, 4) is 11.5 Å². The molecule has 0 radical (unpaired) electrons. The van der Waals surface area contributed by atoms with Crippen molar-refractivity contribution in [1.82, 2.24) is 25.2 Å². The second-order valence-corrected chi connectivity index (χ2v) is 8.15. The average molecular weight is 522 g/mol. The molecule has 0 saturated carbocycles. The molecule has 0 saturated heterocycles. The Morgan fingerprint density at radius 3 is 2.74 bits per heavy atom. The molecule has 0 unspecified atom stereocenters. The van der Waals surface area contributed by atoms with Crippen molar-refractivity contribution in [2.45, 2.75) is 19.7 Å². The van der Waals surface area contributed by atoms with E-state index in [1.54, 1.807) is 30.3 Å². The summed E-state index contributed by atoms with van der Waals surface area (Å²) in [7, 11) is 0. The maximum atomic E-state index is 13.0. The van der Waals surface area contributed by atoms with Crippen LogP contribution in [-0.2, 0) is 17.9 Å². The number of nitrogens with zero attached hydrogens (tertiary/aromatic N) is 3. The molecule has 5 rings (SSSR count). The maximum Gasteiger partial charge on any atom is 0.387 e. The number of carbonyl (C=O) groups excluding carboxylic acids is 3. The second kappa shape index (κ2) is 10.5. The van der Waals surface area contributed by atoms with Crippen molar-refractivity contribution < 1.29 is 32.6 Å². The van der Waals surface area contributed by atoms with Gasteiger partial charge in [0.15, 0.2) is 12.3 Å². The zero-order valence-electron chi connectivity index (χ0n) is 19.6. The highest BCUT2D eigenvalue weighted by molar-refractivity contribution is 5.98. The van der Waals surface area contributed by atoms with Crippen molar-refractivity contribution in [2.24, 2.45) is 0 Å². The summed E-state index contributed by atoms with van der Waals surface area (Å²) in [5, 5.41) is 12.2. The van der Waals surface area contributed by atoms with E-state index in [2.05, 4.69) is 30.8 Å². The molecule has 3 heterocycles. The molecule has 3 amide bonds. The number of halogens is 2. The standard InChI is InChI=1S/C25H20F2N6O5/c26-25(27)38-19-4-2-1-3-15(19)12-29-24(36)18-10-17(31-21-7-8-30-33(18)21)23(35)28-11-14-5-6-20-16(9-14)32-22(34)13-37-20/h1-10,25H,11-13H2,(H,28,35)(H,29,36)(H,32,34). The Morgan fingerprint density at radius 2 is 1.89 bits per heavy atom. The molecule has 0 atom stereocenters. The minimum Gasteiger partial charge on any atom is -0.482 e. The zero-order valence-corrected chi connectivity index (χ0v) is 19.6. The van der Waals surface area contributed by atoms with Gasteiger partial charge in [0.2, 0.25) is 0 Å². The molecule has 0 fully saturated rings. The number of ether oxygens (including phenoxy) is 2. The number of fused-ring (bicyclic) bond motifs is 2. The number of anilines is 1. The Kier molecular flexibility index (Phi) is 6.80. The predicted octanol–water partition coefficient (Wildman–Crippen LogP) is 2.52. The van der Waals surface area contributed by atoms with Crippen molar-refractivity contribution in [3.05, 3.63) is 83.3 Å². The lowest BCUT2D eigenvalue weighted by atomic mass is 10.1. The van der Waals surface area contributed by atoms with Crippen LogP contribution >= 0.6 is 0 Å². The minimum atomic E-state index is -3.01. The van der Waals surface area contributed by atoms with E-state index < -0.39 is 18.4 Å². The van der Waals surface area contributed by atoms with Gasteiger partial charge in [-0.3, -0.25) is 14.4 Å². The van der Waals surface area contributed by atoms with Crippen LogP contribution < -0.4 is 25.4 Å². The molecule has 38 heavy (non-hydrogen) atoms. The van der Waals surface area contributed by atoms with Crippen LogP contribution in [0, 0.1) is 0 Å². The number of carbonyl (C=O) groups is 3. The lowest BCUT2D eigenvalue weighted by Crippen LogP contribution is -2.29. The van der Waals surface area contributed by atoms with E-state index in [1.807, 2.05) is 0 Å². The van der Waals surface area contributed by atoms with Crippen LogP contribution in [0.2, 0.25) is 0 Å². The minimum absolute atomic E-state index is 0.0195. The topological polar surface area (TPSA) is 136 Å². The van der Waals surface area contributed by atoms with Gasteiger partial charge in [0.1, 0.15) is 22.9 Å². The number of hydrogen-bond acceptors (Lipinski definition) is 7. The summed E-state index contributed by atoms with van der Waals surface area (Å²) in [5.74, 6) is -0.946. The molecule has 0 spiro atoms. The van der Waals surface area contributed by atoms with E-state index in [4.69, 9.17) is 4.74 Å². The molecule has 11 nitrogen and oxygen atoms in total. The molecule has 2 aromatic heterocycles. The summed E-state index contributed by atoms with van der Waals surface area (Å²) in [6, 6.07) is 14.0. The first-order valence-corrected chi connectivity index (χ1v) is 11.4. The molecule has 194 valence electrons. The number of benzene rings is 2. The van der Waals surface area contributed by atoms with Gasteiger partial charge in [0.05, 0.1) is 11.9 Å². The summed E-state index contributed by atoms with van der Waals surface area (Å²) in [6.45, 7) is -3.05. The van der Waals surface area contributed by atoms with Crippen LogP contribution in [-0.4, -0.2) is 45.5 Å². The highest BCUT2D eigenvalue weighted by Crippen LogP contribution is 2.28. The van der Waals surface area contributed by atoms with Crippen molar-refractivity contribution in [2.75, 3.05) is 11.9 Å². The third kappa shape index (κ3) is 5.36. The Balaban J connectivity index is 1.30. The largest absolute Gasteiger partial charge is 0.482 e. The molecule has 1 aliphatic heterocycles. The molecule has 0 aliphatic carbocycles. The van der Waals surface area contributed by atoms with E-state index in [0.717, 1.165) is 0 Å². The molecular weight excluding hydrogens is 502 g/mol. The van der Waals surface area contributed by atoms with Gasteiger partial charge < -0.3 is 25.4 Å². The van der Waals surface area contributed by atoms with E-state index in [9.17, 15) is 23.2 Å². The SMILES string of the molecule is O=C1COc2ccc(CNC(=O)c3cc(C(=O)NCc4ccccc4OC(F)F)n4nccc4n3)cc2N1. The predicted molar refractivity (Wildman–Crippen MR) is 129 cm³/mol. The number of rotatable bonds is 8. The molecule has 13 heteroatoms. The molecule has 2 aromatic carbocycles. The Bertz CT molecular complexity index is 1540. The Morgan fingerprint density at radius 1 is 1.08 bits per heavy atom.